The normalized spacial score (nSPS) is 16.9. The van der Waals surface area contributed by atoms with Crippen LogP contribution in [0.2, 0.25) is 0 Å². The molecule has 6 heteroatoms. The quantitative estimate of drug-likeness (QED) is 0.512. The van der Waals surface area contributed by atoms with E-state index in [1.807, 2.05) is 0 Å². The van der Waals surface area contributed by atoms with Gasteiger partial charge in [0, 0.05) is 4.88 Å². The summed E-state index contributed by atoms with van der Waals surface area (Å²) in [5, 5.41) is 1.01. The van der Waals surface area contributed by atoms with Crippen LogP contribution in [0, 0.1) is 0 Å². The maximum absolute atomic E-state index is 6.21. The number of hydrogen-bond acceptors (Lipinski definition) is 6. The number of nitrogen functional groups attached to an aromatic ring is 1. The molecular formula is C15H22N4OS. The van der Waals surface area contributed by atoms with Gasteiger partial charge in [0.15, 0.2) is 0 Å². The lowest BCUT2D eigenvalue weighted by atomic mass is 10.1. The molecule has 2 aromatic rings. The second kappa shape index (κ2) is 6.58. The summed E-state index contributed by atoms with van der Waals surface area (Å²) in [7, 11) is 0. The Labute approximate surface area is 128 Å². The van der Waals surface area contributed by atoms with Crippen molar-refractivity contribution in [3.8, 4) is 5.88 Å². The first-order chi connectivity index (χ1) is 10.3. The van der Waals surface area contributed by atoms with E-state index in [2.05, 4.69) is 28.4 Å². The minimum Gasteiger partial charge on any atom is -0.474 e. The Morgan fingerprint density at radius 3 is 2.71 bits per heavy atom. The lowest BCUT2D eigenvalue weighted by molar-refractivity contribution is 0.179. The molecule has 0 saturated heterocycles. The fourth-order valence-corrected chi connectivity index (χ4v) is 3.75. The fraction of sp³-hybridized carbons (Fsp3) is 0.600. The molecule has 0 amide bonds. The molecule has 3 N–H and O–H groups in total. The van der Waals surface area contributed by atoms with Gasteiger partial charge in [0.25, 0.3) is 0 Å². The summed E-state index contributed by atoms with van der Waals surface area (Å²) < 4.78 is 6.21. The van der Waals surface area contributed by atoms with Crippen LogP contribution in [0.25, 0.3) is 10.2 Å². The molecular weight excluding hydrogens is 284 g/mol. The van der Waals surface area contributed by atoms with Gasteiger partial charge >= 0.3 is 0 Å². The first-order valence-electron chi connectivity index (χ1n) is 7.74. The van der Waals surface area contributed by atoms with Gasteiger partial charge < -0.3 is 4.74 Å². The highest BCUT2D eigenvalue weighted by atomic mass is 32.1. The van der Waals surface area contributed by atoms with Gasteiger partial charge in [-0.1, -0.05) is 19.8 Å². The zero-order chi connectivity index (χ0) is 14.7. The molecule has 0 aliphatic heterocycles. The van der Waals surface area contributed by atoms with E-state index in [-0.39, 0.29) is 6.10 Å². The first kappa shape index (κ1) is 14.5. The monoisotopic (exact) mass is 306 g/mol. The molecule has 1 fully saturated rings. The first-order valence-corrected chi connectivity index (χ1v) is 8.55. The Morgan fingerprint density at radius 1 is 1.29 bits per heavy atom. The fourth-order valence-electron chi connectivity index (χ4n) is 2.79. The highest BCUT2D eigenvalue weighted by molar-refractivity contribution is 7.18. The summed E-state index contributed by atoms with van der Waals surface area (Å²) in [4.78, 5) is 11.1. The minimum atomic E-state index is 0.265. The van der Waals surface area contributed by atoms with Crippen LogP contribution in [0.1, 0.15) is 50.3 Å². The van der Waals surface area contributed by atoms with Gasteiger partial charge in [-0.3, -0.25) is 5.43 Å². The van der Waals surface area contributed by atoms with Crippen molar-refractivity contribution in [2.45, 2.75) is 58.0 Å². The van der Waals surface area contributed by atoms with Crippen LogP contribution >= 0.6 is 11.3 Å². The molecule has 3 rings (SSSR count). The van der Waals surface area contributed by atoms with Gasteiger partial charge in [-0.2, -0.15) is 4.98 Å². The molecule has 0 radical (unpaired) electrons. The Bertz CT molecular complexity index is 605. The molecule has 2 aromatic heterocycles. The number of rotatable bonds is 4. The van der Waals surface area contributed by atoms with E-state index in [1.165, 1.54) is 30.6 Å². The SMILES string of the molecule is CCc1cc2c(OC3CCCCCC3)nc(NN)nc2s1. The molecule has 21 heavy (non-hydrogen) atoms. The van der Waals surface area contributed by atoms with Gasteiger partial charge in [0.05, 0.1) is 5.39 Å². The van der Waals surface area contributed by atoms with Gasteiger partial charge in [0.2, 0.25) is 11.8 Å². The molecule has 2 heterocycles. The summed E-state index contributed by atoms with van der Waals surface area (Å²) >= 11 is 1.68. The van der Waals surface area contributed by atoms with Crippen LogP contribution in [0.3, 0.4) is 0 Å². The second-order valence-corrected chi connectivity index (χ2v) is 6.63. The summed E-state index contributed by atoms with van der Waals surface area (Å²) in [6, 6.07) is 2.15. The van der Waals surface area contributed by atoms with Gasteiger partial charge in [-0.15, -0.1) is 11.3 Å². The Kier molecular flexibility index (Phi) is 4.55. The van der Waals surface area contributed by atoms with E-state index >= 15 is 0 Å². The predicted octanol–water partition coefficient (Wildman–Crippen LogP) is 3.64. The molecule has 1 saturated carbocycles. The number of fused-ring (bicyclic) bond motifs is 1. The number of anilines is 1. The van der Waals surface area contributed by atoms with Crippen molar-refractivity contribution < 1.29 is 4.74 Å². The summed E-state index contributed by atoms with van der Waals surface area (Å²) in [6.45, 7) is 2.14. The van der Waals surface area contributed by atoms with E-state index in [0.29, 0.717) is 11.8 Å². The standard InChI is InChI=1S/C15H22N4OS/c1-2-11-9-12-13(17-15(19-16)18-14(12)21-11)20-10-7-5-3-4-6-8-10/h9-10H,2-8,16H2,1H3,(H,17,18,19). The number of nitrogens with zero attached hydrogens (tertiary/aromatic N) is 2. The van der Waals surface area contributed by atoms with Crippen molar-refractivity contribution in [3.05, 3.63) is 10.9 Å². The molecule has 0 unspecified atom stereocenters. The molecule has 0 bridgehead atoms. The van der Waals surface area contributed by atoms with Crippen molar-refractivity contribution >= 4 is 27.5 Å². The number of ether oxygens (including phenoxy) is 1. The Balaban J connectivity index is 1.92. The maximum atomic E-state index is 6.21. The van der Waals surface area contributed by atoms with Crippen molar-refractivity contribution in [1.29, 1.82) is 0 Å². The lowest BCUT2D eigenvalue weighted by Crippen LogP contribution is -2.17. The summed E-state index contributed by atoms with van der Waals surface area (Å²) in [5.41, 5.74) is 2.54. The van der Waals surface area contributed by atoms with Gasteiger partial charge in [-0.05, 0) is 38.2 Å². The molecule has 0 atom stereocenters. The van der Waals surface area contributed by atoms with E-state index < -0.39 is 0 Å². The van der Waals surface area contributed by atoms with Crippen LogP contribution in [0.5, 0.6) is 5.88 Å². The largest absolute Gasteiger partial charge is 0.474 e. The molecule has 1 aliphatic carbocycles. The minimum absolute atomic E-state index is 0.265. The number of nitrogens with two attached hydrogens (primary N) is 1. The Morgan fingerprint density at radius 2 is 2.05 bits per heavy atom. The van der Waals surface area contributed by atoms with Gasteiger partial charge in [-0.25, -0.2) is 10.8 Å². The van der Waals surface area contributed by atoms with Crippen molar-refractivity contribution in [1.82, 2.24) is 9.97 Å². The van der Waals surface area contributed by atoms with Gasteiger partial charge in [0.1, 0.15) is 10.9 Å². The maximum Gasteiger partial charge on any atom is 0.241 e. The highest BCUT2D eigenvalue weighted by Crippen LogP contribution is 2.33. The molecule has 0 spiro atoms. The number of nitrogens with one attached hydrogen (secondary N) is 1. The molecule has 114 valence electrons. The van der Waals surface area contributed by atoms with Crippen molar-refractivity contribution in [2.75, 3.05) is 5.43 Å². The average Bonchev–Trinajstić information content (AvgIpc) is 2.76. The Hall–Kier alpha value is -1.40. The summed E-state index contributed by atoms with van der Waals surface area (Å²) in [6.07, 6.45) is 8.59. The number of hydrogen-bond donors (Lipinski definition) is 2. The van der Waals surface area contributed by atoms with Crippen LogP contribution < -0.4 is 16.0 Å². The third kappa shape index (κ3) is 3.27. The molecule has 0 aromatic carbocycles. The lowest BCUT2D eigenvalue weighted by Gasteiger charge is -2.17. The third-order valence-electron chi connectivity index (χ3n) is 3.97. The second-order valence-electron chi connectivity index (χ2n) is 5.51. The van der Waals surface area contributed by atoms with E-state index in [1.54, 1.807) is 11.3 Å². The van der Waals surface area contributed by atoms with E-state index in [4.69, 9.17) is 10.6 Å². The summed E-state index contributed by atoms with van der Waals surface area (Å²) in [5.74, 6) is 6.58. The molecule has 1 aliphatic rings. The predicted molar refractivity (Wildman–Crippen MR) is 86.7 cm³/mol. The highest BCUT2D eigenvalue weighted by Gasteiger charge is 2.18. The number of thiophene rings is 1. The smallest absolute Gasteiger partial charge is 0.241 e. The van der Waals surface area contributed by atoms with Crippen LogP contribution in [-0.4, -0.2) is 16.1 Å². The topological polar surface area (TPSA) is 73.1 Å². The van der Waals surface area contributed by atoms with Crippen LogP contribution in [0.4, 0.5) is 5.95 Å². The number of aromatic nitrogens is 2. The van der Waals surface area contributed by atoms with Crippen LogP contribution in [0.15, 0.2) is 6.07 Å². The zero-order valence-electron chi connectivity index (χ0n) is 12.4. The van der Waals surface area contributed by atoms with E-state index in [0.717, 1.165) is 29.5 Å². The zero-order valence-corrected chi connectivity index (χ0v) is 13.2. The number of aryl methyl sites for hydroxylation is 1. The average molecular weight is 306 g/mol. The van der Waals surface area contributed by atoms with Crippen molar-refractivity contribution in [2.24, 2.45) is 5.84 Å². The van der Waals surface area contributed by atoms with Crippen LogP contribution in [-0.2, 0) is 6.42 Å². The third-order valence-corrected chi connectivity index (χ3v) is 5.14. The number of hydrazine groups is 1. The molecule has 5 nitrogen and oxygen atoms in total. The van der Waals surface area contributed by atoms with Crippen molar-refractivity contribution in [3.63, 3.8) is 0 Å². The van der Waals surface area contributed by atoms with E-state index in [9.17, 15) is 0 Å².